The predicted octanol–water partition coefficient (Wildman–Crippen LogP) is 7.81. The number of ether oxygens (including phenoxy) is 2. The average molecular weight is 682 g/mol. The Morgan fingerprint density at radius 1 is 1.00 bits per heavy atom. The van der Waals surface area contributed by atoms with Gasteiger partial charge in [0.15, 0.2) is 11.6 Å². The van der Waals surface area contributed by atoms with Crippen molar-refractivity contribution in [3.63, 3.8) is 0 Å². The lowest BCUT2D eigenvalue weighted by molar-refractivity contribution is 0.145. The Bertz CT molecular complexity index is 1690. The molecule has 47 heavy (non-hydrogen) atoms. The van der Waals surface area contributed by atoms with Crippen LogP contribution in [0.3, 0.4) is 0 Å². The Balaban J connectivity index is 1.30. The van der Waals surface area contributed by atoms with E-state index in [0.29, 0.717) is 33.7 Å². The van der Waals surface area contributed by atoms with Crippen molar-refractivity contribution in [3.8, 4) is 11.5 Å². The second kappa shape index (κ2) is 15.8. The molecule has 9 nitrogen and oxygen atoms in total. The number of hydrogen-bond acceptors (Lipinski definition) is 8. The highest BCUT2D eigenvalue weighted by atomic mass is 35.5. The summed E-state index contributed by atoms with van der Waals surface area (Å²) in [4.78, 5) is 28.7. The minimum absolute atomic E-state index is 0.0219. The summed E-state index contributed by atoms with van der Waals surface area (Å²) in [6.07, 6.45) is 1.65. The summed E-state index contributed by atoms with van der Waals surface area (Å²) in [5.74, 6) is 0.535. The molecule has 4 aromatic rings. The van der Waals surface area contributed by atoms with Gasteiger partial charge in [-0.15, -0.1) is 0 Å². The SMILES string of the molecule is Cc1cc(C)c(OC(=O)N(Cc2cc(Cl)ccc2Cl)c2ccnc(Nc3ccc(OCCCN4CCN(C)CC4)c(F)c3)n2)c(C)c1. The van der Waals surface area contributed by atoms with Crippen molar-refractivity contribution >= 4 is 46.7 Å². The van der Waals surface area contributed by atoms with Gasteiger partial charge in [-0.25, -0.2) is 14.2 Å². The van der Waals surface area contributed by atoms with E-state index < -0.39 is 11.9 Å². The number of aromatic nitrogens is 2. The zero-order valence-electron chi connectivity index (χ0n) is 27.0. The van der Waals surface area contributed by atoms with Crippen molar-refractivity contribution in [2.45, 2.75) is 33.7 Å². The third kappa shape index (κ3) is 9.32. The largest absolute Gasteiger partial charge is 0.490 e. The van der Waals surface area contributed by atoms with Crippen LogP contribution < -0.4 is 19.7 Å². The first kappa shape index (κ1) is 34.4. The molecule has 2 heterocycles. The number of hydrogen-bond donors (Lipinski definition) is 1. The second-order valence-corrected chi connectivity index (χ2v) is 12.6. The average Bonchev–Trinajstić information content (AvgIpc) is 3.03. The van der Waals surface area contributed by atoms with Crippen LogP contribution in [0.5, 0.6) is 11.5 Å². The third-order valence-corrected chi connectivity index (χ3v) is 8.53. The van der Waals surface area contributed by atoms with E-state index in [4.69, 9.17) is 32.7 Å². The summed E-state index contributed by atoms with van der Waals surface area (Å²) in [5, 5.41) is 3.92. The Morgan fingerprint density at radius 2 is 1.74 bits per heavy atom. The summed E-state index contributed by atoms with van der Waals surface area (Å²) in [6, 6.07) is 15.1. The quantitative estimate of drug-likeness (QED) is 0.161. The number of likely N-dealkylation sites (N-methyl/N-ethyl adjacent to an activating group) is 1. The first-order valence-electron chi connectivity index (χ1n) is 15.5. The van der Waals surface area contributed by atoms with Gasteiger partial charge in [0.05, 0.1) is 13.2 Å². The Morgan fingerprint density at radius 3 is 2.47 bits per heavy atom. The molecule has 0 unspecified atom stereocenters. The molecule has 0 atom stereocenters. The Kier molecular flexibility index (Phi) is 11.5. The number of piperazine rings is 1. The molecule has 0 radical (unpaired) electrons. The maximum absolute atomic E-state index is 15.0. The maximum atomic E-state index is 15.0. The number of benzene rings is 3. The number of aryl methyl sites for hydroxylation is 3. The predicted molar refractivity (Wildman–Crippen MR) is 185 cm³/mol. The van der Waals surface area contributed by atoms with E-state index in [2.05, 4.69) is 32.1 Å². The van der Waals surface area contributed by atoms with Gasteiger partial charge < -0.3 is 24.6 Å². The van der Waals surface area contributed by atoms with Gasteiger partial charge in [-0.05, 0) is 87.3 Å². The summed E-state index contributed by atoms with van der Waals surface area (Å²) in [6.45, 7) is 11.3. The fourth-order valence-electron chi connectivity index (χ4n) is 5.47. The Hall–Kier alpha value is -3.96. The van der Waals surface area contributed by atoms with E-state index >= 15 is 0 Å². The number of carbonyl (C=O) groups is 1. The molecule has 1 aromatic heterocycles. The summed E-state index contributed by atoms with van der Waals surface area (Å²) in [5.41, 5.74) is 3.73. The number of amides is 1. The van der Waals surface area contributed by atoms with Crippen LogP contribution >= 0.6 is 23.2 Å². The lowest BCUT2D eigenvalue weighted by Gasteiger charge is -2.32. The number of nitrogens with one attached hydrogen (secondary N) is 1. The molecule has 248 valence electrons. The van der Waals surface area contributed by atoms with Crippen LogP contribution in [0.25, 0.3) is 0 Å². The molecule has 0 spiro atoms. The van der Waals surface area contributed by atoms with Gasteiger partial charge in [0.2, 0.25) is 5.95 Å². The first-order chi connectivity index (χ1) is 22.5. The molecular weight excluding hydrogens is 642 g/mol. The zero-order valence-corrected chi connectivity index (χ0v) is 28.5. The van der Waals surface area contributed by atoms with Crippen LogP contribution in [0.15, 0.2) is 60.8 Å². The minimum Gasteiger partial charge on any atom is -0.490 e. The molecule has 1 saturated heterocycles. The molecule has 1 aliphatic rings. The molecule has 12 heteroatoms. The fraction of sp³-hybridized carbons (Fsp3) is 0.343. The lowest BCUT2D eigenvalue weighted by atomic mass is 10.1. The normalized spacial score (nSPS) is 13.8. The topological polar surface area (TPSA) is 83.1 Å². The zero-order chi connectivity index (χ0) is 33.5. The monoisotopic (exact) mass is 680 g/mol. The fourth-order valence-corrected chi connectivity index (χ4v) is 5.84. The highest BCUT2D eigenvalue weighted by molar-refractivity contribution is 6.33. The van der Waals surface area contributed by atoms with E-state index in [1.165, 1.54) is 17.2 Å². The second-order valence-electron chi connectivity index (χ2n) is 11.8. The van der Waals surface area contributed by atoms with Crippen LogP contribution in [0.1, 0.15) is 28.7 Å². The summed E-state index contributed by atoms with van der Waals surface area (Å²) in [7, 11) is 2.13. The van der Waals surface area contributed by atoms with Gasteiger partial charge >= 0.3 is 6.09 Å². The van der Waals surface area contributed by atoms with Crippen LogP contribution in [0, 0.1) is 26.6 Å². The van der Waals surface area contributed by atoms with Gasteiger partial charge in [0, 0.05) is 60.7 Å². The number of rotatable bonds is 11. The molecular formula is C35H39Cl2FN6O3. The van der Waals surface area contributed by atoms with Crippen LogP contribution in [0.2, 0.25) is 10.0 Å². The number of anilines is 3. The van der Waals surface area contributed by atoms with Crippen molar-refractivity contribution in [2.75, 3.05) is 56.6 Å². The molecule has 1 aliphatic heterocycles. The molecule has 0 saturated carbocycles. The van der Waals surface area contributed by atoms with E-state index in [1.54, 1.807) is 36.4 Å². The van der Waals surface area contributed by atoms with E-state index in [1.807, 2.05) is 32.9 Å². The molecule has 5 rings (SSSR count). The highest BCUT2D eigenvalue weighted by Crippen LogP contribution is 2.29. The molecule has 1 amide bonds. The lowest BCUT2D eigenvalue weighted by Crippen LogP contribution is -2.44. The molecule has 1 N–H and O–H groups in total. The van der Waals surface area contributed by atoms with Crippen LogP contribution in [-0.2, 0) is 6.54 Å². The van der Waals surface area contributed by atoms with Gasteiger partial charge in [-0.1, -0.05) is 40.9 Å². The van der Waals surface area contributed by atoms with E-state index in [0.717, 1.165) is 55.8 Å². The Labute approximate surface area is 285 Å². The molecule has 0 aliphatic carbocycles. The minimum atomic E-state index is -0.666. The van der Waals surface area contributed by atoms with Gasteiger partial charge in [-0.3, -0.25) is 4.90 Å². The van der Waals surface area contributed by atoms with Crippen molar-refractivity contribution in [3.05, 3.63) is 98.9 Å². The summed E-state index contributed by atoms with van der Waals surface area (Å²) < 4.78 is 26.6. The first-order valence-corrected chi connectivity index (χ1v) is 16.3. The van der Waals surface area contributed by atoms with Crippen molar-refractivity contribution in [2.24, 2.45) is 0 Å². The number of nitrogens with zero attached hydrogens (tertiary/aromatic N) is 5. The summed E-state index contributed by atoms with van der Waals surface area (Å²) >= 11 is 12.7. The number of halogens is 3. The maximum Gasteiger partial charge on any atom is 0.421 e. The molecule has 1 fully saturated rings. The molecule has 3 aromatic carbocycles. The van der Waals surface area contributed by atoms with Gasteiger partial charge in [-0.2, -0.15) is 4.98 Å². The number of carbonyl (C=O) groups excluding carboxylic acids is 1. The van der Waals surface area contributed by atoms with Gasteiger partial charge in [0.1, 0.15) is 11.6 Å². The highest BCUT2D eigenvalue weighted by Gasteiger charge is 2.24. The van der Waals surface area contributed by atoms with Gasteiger partial charge in [0.25, 0.3) is 0 Å². The standard InChI is InChI=1S/C35H39Cl2FN6O3/c1-23-18-24(2)33(25(3)19-23)47-35(45)44(22-26-20-27(36)6-8-29(26)37)32-10-11-39-34(41-32)40-28-7-9-31(30(38)21-28)46-17-5-12-43-15-13-42(4)14-16-43/h6-11,18-21H,5,12-17,22H2,1-4H3,(H,39,40,41). The van der Waals surface area contributed by atoms with E-state index in [9.17, 15) is 9.18 Å². The third-order valence-electron chi connectivity index (χ3n) is 7.93. The smallest absolute Gasteiger partial charge is 0.421 e. The van der Waals surface area contributed by atoms with Crippen molar-refractivity contribution in [1.29, 1.82) is 0 Å². The van der Waals surface area contributed by atoms with Crippen LogP contribution in [-0.4, -0.2) is 72.2 Å². The van der Waals surface area contributed by atoms with E-state index in [-0.39, 0.29) is 24.1 Å². The molecule has 0 bridgehead atoms. The van der Waals surface area contributed by atoms with Crippen molar-refractivity contribution in [1.82, 2.24) is 19.8 Å². The van der Waals surface area contributed by atoms with Crippen molar-refractivity contribution < 1.29 is 18.7 Å². The van der Waals surface area contributed by atoms with Crippen LogP contribution in [0.4, 0.5) is 26.6 Å².